The number of imidazole rings is 1. The van der Waals surface area contributed by atoms with Crippen molar-refractivity contribution in [1.29, 1.82) is 0 Å². The standard InChI is InChI=1S/C19H15N3O2S/c23-25(24,22-15-8-2-1-3-9-15)16-10-6-7-14(13-16)19-20-17-11-4-5-12-18(17)21-19/h1-13,22H,(H,20,21). The van der Waals surface area contributed by atoms with Gasteiger partial charge in [-0.05, 0) is 36.4 Å². The van der Waals surface area contributed by atoms with E-state index < -0.39 is 10.0 Å². The highest BCUT2D eigenvalue weighted by Gasteiger charge is 2.15. The van der Waals surface area contributed by atoms with Crippen LogP contribution in [-0.2, 0) is 10.0 Å². The largest absolute Gasteiger partial charge is 0.338 e. The Morgan fingerprint density at radius 1 is 0.840 bits per heavy atom. The molecule has 0 fully saturated rings. The van der Waals surface area contributed by atoms with Crippen molar-refractivity contribution >= 4 is 26.7 Å². The van der Waals surface area contributed by atoms with Crippen LogP contribution in [0.4, 0.5) is 5.69 Å². The van der Waals surface area contributed by atoms with Gasteiger partial charge in [-0.3, -0.25) is 4.72 Å². The van der Waals surface area contributed by atoms with E-state index in [0.29, 0.717) is 17.1 Å². The number of para-hydroxylation sites is 3. The highest BCUT2D eigenvalue weighted by atomic mass is 32.2. The summed E-state index contributed by atoms with van der Waals surface area (Å²) in [6.07, 6.45) is 0. The van der Waals surface area contributed by atoms with E-state index in [1.165, 1.54) is 0 Å². The van der Waals surface area contributed by atoms with Crippen LogP contribution in [0.3, 0.4) is 0 Å². The topological polar surface area (TPSA) is 74.8 Å². The maximum Gasteiger partial charge on any atom is 0.261 e. The molecule has 6 heteroatoms. The van der Waals surface area contributed by atoms with E-state index in [4.69, 9.17) is 0 Å². The second kappa shape index (κ2) is 6.07. The van der Waals surface area contributed by atoms with E-state index in [1.807, 2.05) is 36.4 Å². The lowest BCUT2D eigenvalue weighted by atomic mass is 10.2. The predicted octanol–water partition coefficient (Wildman–Crippen LogP) is 4.03. The van der Waals surface area contributed by atoms with Gasteiger partial charge in [0.2, 0.25) is 0 Å². The van der Waals surface area contributed by atoms with E-state index in [0.717, 1.165) is 11.0 Å². The highest BCUT2D eigenvalue weighted by Crippen LogP contribution is 2.24. The number of fused-ring (bicyclic) bond motifs is 1. The Labute approximate surface area is 145 Å². The summed E-state index contributed by atoms with van der Waals surface area (Å²) in [6, 6.07) is 23.2. The second-order valence-electron chi connectivity index (χ2n) is 5.60. The molecule has 5 nitrogen and oxygen atoms in total. The first kappa shape index (κ1) is 15.4. The molecule has 0 spiro atoms. The van der Waals surface area contributed by atoms with E-state index in [-0.39, 0.29) is 4.90 Å². The minimum Gasteiger partial charge on any atom is -0.338 e. The van der Waals surface area contributed by atoms with Crippen LogP contribution in [-0.4, -0.2) is 18.4 Å². The zero-order valence-electron chi connectivity index (χ0n) is 13.2. The Hall–Kier alpha value is -3.12. The molecule has 0 saturated carbocycles. The molecule has 25 heavy (non-hydrogen) atoms. The van der Waals surface area contributed by atoms with Gasteiger partial charge in [0.15, 0.2) is 0 Å². The van der Waals surface area contributed by atoms with Gasteiger partial charge >= 0.3 is 0 Å². The SMILES string of the molecule is O=S(=O)(Nc1ccccc1)c1cccc(-c2nc3ccccc3[nH]2)c1. The first-order chi connectivity index (χ1) is 12.1. The van der Waals surface area contributed by atoms with Gasteiger partial charge in [-0.2, -0.15) is 0 Å². The van der Waals surface area contributed by atoms with Crippen LogP contribution in [0.5, 0.6) is 0 Å². The van der Waals surface area contributed by atoms with Gasteiger partial charge < -0.3 is 4.98 Å². The maximum absolute atomic E-state index is 12.6. The van der Waals surface area contributed by atoms with Crippen molar-refractivity contribution in [3.63, 3.8) is 0 Å². The number of benzene rings is 3. The summed E-state index contributed by atoms with van der Waals surface area (Å²) in [6.45, 7) is 0. The third kappa shape index (κ3) is 3.12. The van der Waals surface area contributed by atoms with Crippen molar-refractivity contribution in [2.24, 2.45) is 0 Å². The van der Waals surface area contributed by atoms with Crippen LogP contribution in [0.1, 0.15) is 0 Å². The Kier molecular flexibility index (Phi) is 3.74. The quantitative estimate of drug-likeness (QED) is 0.584. The zero-order chi connectivity index (χ0) is 17.3. The summed E-state index contributed by atoms with van der Waals surface area (Å²) in [4.78, 5) is 7.92. The number of nitrogens with one attached hydrogen (secondary N) is 2. The van der Waals surface area contributed by atoms with Gasteiger partial charge in [-0.1, -0.05) is 42.5 Å². The summed E-state index contributed by atoms with van der Waals surface area (Å²) in [5, 5.41) is 0. The average Bonchev–Trinajstić information content (AvgIpc) is 3.07. The van der Waals surface area contributed by atoms with Crippen molar-refractivity contribution in [1.82, 2.24) is 9.97 Å². The van der Waals surface area contributed by atoms with Gasteiger partial charge in [0, 0.05) is 11.3 Å². The van der Waals surface area contributed by atoms with Gasteiger partial charge in [0.1, 0.15) is 5.82 Å². The summed E-state index contributed by atoms with van der Waals surface area (Å²) in [5.74, 6) is 0.637. The van der Waals surface area contributed by atoms with Gasteiger partial charge in [0.05, 0.1) is 15.9 Å². The van der Waals surface area contributed by atoms with Crippen LogP contribution in [0.25, 0.3) is 22.4 Å². The number of aromatic nitrogens is 2. The Morgan fingerprint density at radius 3 is 2.40 bits per heavy atom. The van der Waals surface area contributed by atoms with Gasteiger partial charge in [0.25, 0.3) is 10.0 Å². The van der Waals surface area contributed by atoms with E-state index in [2.05, 4.69) is 14.7 Å². The van der Waals surface area contributed by atoms with Crippen molar-refractivity contribution < 1.29 is 8.42 Å². The van der Waals surface area contributed by atoms with Crippen molar-refractivity contribution in [3.05, 3.63) is 78.9 Å². The molecule has 2 N–H and O–H groups in total. The first-order valence-corrected chi connectivity index (χ1v) is 9.23. The van der Waals surface area contributed by atoms with Crippen molar-refractivity contribution in [3.8, 4) is 11.4 Å². The van der Waals surface area contributed by atoms with E-state index in [9.17, 15) is 8.42 Å². The summed E-state index contributed by atoms with van der Waals surface area (Å²) < 4.78 is 27.8. The normalized spacial score (nSPS) is 11.5. The number of anilines is 1. The Morgan fingerprint density at radius 2 is 1.60 bits per heavy atom. The number of hydrogen-bond acceptors (Lipinski definition) is 3. The summed E-state index contributed by atoms with van der Waals surface area (Å²) in [5.41, 5.74) is 2.99. The van der Waals surface area contributed by atoms with Gasteiger partial charge in [-0.15, -0.1) is 0 Å². The third-order valence-electron chi connectivity index (χ3n) is 3.83. The summed E-state index contributed by atoms with van der Waals surface area (Å²) in [7, 11) is -3.67. The van der Waals surface area contributed by atoms with Gasteiger partial charge in [-0.25, -0.2) is 13.4 Å². The predicted molar refractivity (Wildman–Crippen MR) is 98.8 cm³/mol. The molecule has 0 atom stereocenters. The minimum atomic E-state index is -3.67. The molecule has 4 aromatic rings. The molecule has 1 aromatic heterocycles. The molecule has 0 aliphatic carbocycles. The first-order valence-electron chi connectivity index (χ1n) is 7.75. The van der Waals surface area contributed by atoms with Crippen LogP contribution in [0.15, 0.2) is 83.8 Å². The zero-order valence-corrected chi connectivity index (χ0v) is 14.0. The molecule has 0 bridgehead atoms. The Bertz CT molecular complexity index is 1100. The minimum absolute atomic E-state index is 0.189. The van der Waals surface area contributed by atoms with Crippen LogP contribution in [0.2, 0.25) is 0 Å². The fraction of sp³-hybridized carbons (Fsp3) is 0. The molecular formula is C19H15N3O2S. The molecule has 0 unspecified atom stereocenters. The van der Waals surface area contributed by atoms with Crippen molar-refractivity contribution in [2.75, 3.05) is 4.72 Å². The molecule has 0 amide bonds. The molecule has 3 aromatic carbocycles. The molecule has 0 saturated heterocycles. The van der Waals surface area contributed by atoms with E-state index >= 15 is 0 Å². The lowest BCUT2D eigenvalue weighted by molar-refractivity contribution is 0.601. The molecule has 0 aliphatic rings. The van der Waals surface area contributed by atoms with Crippen LogP contribution >= 0.6 is 0 Å². The number of H-pyrrole nitrogens is 1. The molecule has 0 aliphatic heterocycles. The fourth-order valence-electron chi connectivity index (χ4n) is 2.62. The monoisotopic (exact) mass is 349 g/mol. The van der Waals surface area contributed by atoms with Crippen molar-refractivity contribution in [2.45, 2.75) is 4.90 Å². The van der Waals surface area contributed by atoms with Crippen LogP contribution in [0, 0.1) is 0 Å². The summed E-state index contributed by atoms with van der Waals surface area (Å²) >= 11 is 0. The number of nitrogens with zero attached hydrogens (tertiary/aromatic N) is 1. The number of aromatic amines is 1. The fourth-order valence-corrected chi connectivity index (χ4v) is 3.72. The highest BCUT2D eigenvalue weighted by molar-refractivity contribution is 7.92. The average molecular weight is 349 g/mol. The molecule has 0 radical (unpaired) electrons. The number of hydrogen-bond donors (Lipinski definition) is 2. The van der Waals surface area contributed by atoms with E-state index in [1.54, 1.807) is 42.5 Å². The molecule has 124 valence electrons. The molecule has 1 heterocycles. The Balaban J connectivity index is 1.71. The number of rotatable bonds is 4. The second-order valence-corrected chi connectivity index (χ2v) is 7.28. The third-order valence-corrected chi connectivity index (χ3v) is 5.21. The lowest BCUT2D eigenvalue weighted by Crippen LogP contribution is -2.12. The smallest absolute Gasteiger partial charge is 0.261 e. The molecular weight excluding hydrogens is 334 g/mol. The maximum atomic E-state index is 12.6. The van der Waals surface area contributed by atoms with Crippen LogP contribution < -0.4 is 4.72 Å². The lowest BCUT2D eigenvalue weighted by Gasteiger charge is -2.08. The molecule has 4 rings (SSSR count). The number of sulfonamides is 1.